The van der Waals surface area contributed by atoms with Crippen molar-refractivity contribution in [1.82, 2.24) is 5.32 Å². The van der Waals surface area contributed by atoms with Crippen molar-refractivity contribution in [2.24, 2.45) is 0 Å². The maximum Gasteiger partial charge on any atom is 0.251 e. The zero-order valence-corrected chi connectivity index (χ0v) is 16.1. The third kappa shape index (κ3) is 4.85. The van der Waals surface area contributed by atoms with E-state index in [1.807, 2.05) is 78.9 Å². The number of amides is 1. The summed E-state index contributed by atoms with van der Waals surface area (Å²) in [6, 6.07) is 25.4. The van der Waals surface area contributed by atoms with Gasteiger partial charge in [0.2, 0.25) is 0 Å². The minimum atomic E-state index is -0.0756. The van der Waals surface area contributed by atoms with E-state index in [1.54, 1.807) is 12.5 Å². The average Bonchev–Trinajstić information content (AvgIpc) is 3.47. The molecule has 2 heterocycles. The average molecular weight is 385 g/mol. The molecule has 4 nitrogen and oxygen atoms in total. The highest BCUT2D eigenvalue weighted by molar-refractivity contribution is 5.95. The molecule has 0 aliphatic heterocycles. The molecule has 0 saturated heterocycles. The molecule has 0 saturated carbocycles. The van der Waals surface area contributed by atoms with Gasteiger partial charge in [0.25, 0.3) is 5.91 Å². The predicted molar refractivity (Wildman–Crippen MR) is 112 cm³/mol. The standard InChI is InChI=1S/C25H23NO3/c27-25(26-18-19-8-2-1-3-9-19)24-13-5-4-12-23(24)20(16-21-10-6-14-28-21)17-22-11-7-15-29-22/h1-15,20H,16-18H2,(H,26,27). The van der Waals surface area contributed by atoms with E-state index in [9.17, 15) is 4.79 Å². The van der Waals surface area contributed by atoms with Gasteiger partial charge in [-0.1, -0.05) is 48.5 Å². The van der Waals surface area contributed by atoms with Gasteiger partial charge in [0.1, 0.15) is 11.5 Å². The van der Waals surface area contributed by atoms with Crippen molar-refractivity contribution in [2.45, 2.75) is 25.3 Å². The van der Waals surface area contributed by atoms with Crippen molar-refractivity contribution in [3.05, 3.63) is 120 Å². The molecule has 4 heteroatoms. The van der Waals surface area contributed by atoms with Crippen molar-refractivity contribution in [1.29, 1.82) is 0 Å². The summed E-state index contributed by atoms with van der Waals surface area (Å²) >= 11 is 0. The lowest BCUT2D eigenvalue weighted by Crippen LogP contribution is -2.25. The zero-order valence-electron chi connectivity index (χ0n) is 16.1. The summed E-state index contributed by atoms with van der Waals surface area (Å²) in [5, 5.41) is 3.04. The summed E-state index contributed by atoms with van der Waals surface area (Å²) in [6.07, 6.45) is 4.74. The van der Waals surface area contributed by atoms with E-state index < -0.39 is 0 Å². The topological polar surface area (TPSA) is 55.4 Å². The molecule has 0 unspecified atom stereocenters. The van der Waals surface area contributed by atoms with Crippen molar-refractivity contribution in [3.63, 3.8) is 0 Å². The van der Waals surface area contributed by atoms with Crippen molar-refractivity contribution in [3.8, 4) is 0 Å². The molecule has 0 aliphatic rings. The summed E-state index contributed by atoms with van der Waals surface area (Å²) in [5.41, 5.74) is 2.75. The summed E-state index contributed by atoms with van der Waals surface area (Å²) in [6.45, 7) is 0.495. The molecule has 1 amide bonds. The monoisotopic (exact) mass is 385 g/mol. The Morgan fingerprint density at radius 1 is 0.759 bits per heavy atom. The number of carbonyl (C=O) groups is 1. The van der Waals surface area contributed by atoms with Crippen LogP contribution in [0.2, 0.25) is 0 Å². The predicted octanol–water partition coefficient (Wildman–Crippen LogP) is 5.37. The molecule has 2 aromatic carbocycles. The second-order valence-corrected chi connectivity index (χ2v) is 7.02. The van der Waals surface area contributed by atoms with Crippen LogP contribution in [0, 0.1) is 0 Å². The third-order valence-electron chi connectivity index (χ3n) is 5.00. The Balaban J connectivity index is 1.58. The maximum absolute atomic E-state index is 13.0. The van der Waals surface area contributed by atoms with Crippen LogP contribution in [0.4, 0.5) is 0 Å². The molecule has 4 rings (SSSR count). The number of hydrogen-bond donors (Lipinski definition) is 1. The highest BCUT2D eigenvalue weighted by Crippen LogP contribution is 2.28. The largest absolute Gasteiger partial charge is 0.469 e. The highest BCUT2D eigenvalue weighted by Gasteiger charge is 2.22. The summed E-state index contributed by atoms with van der Waals surface area (Å²) in [5.74, 6) is 1.77. The lowest BCUT2D eigenvalue weighted by Gasteiger charge is -2.19. The summed E-state index contributed by atoms with van der Waals surface area (Å²) in [7, 11) is 0. The van der Waals surface area contributed by atoms with Gasteiger partial charge in [0.05, 0.1) is 12.5 Å². The number of carbonyl (C=O) groups excluding carboxylic acids is 1. The lowest BCUT2D eigenvalue weighted by molar-refractivity contribution is 0.0949. The van der Waals surface area contributed by atoms with Crippen molar-refractivity contribution < 1.29 is 13.6 Å². The number of benzene rings is 2. The van der Waals surface area contributed by atoms with E-state index in [-0.39, 0.29) is 11.8 Å². The minimum absolute atomic E-state index is 0.0611. The highest BCUT2D eigenvalue weighted by atomic mass is 16.3. The Bertz CT molecular complexity index is 985. The van der Waals surface area contributed by atoms with Crippen molar-refractivity contribution in [2.75, 3.05) is 0 Å². The van der Waals surface area contributed by atoms with Gasteiger partial charge in [-0.15, -0.1) is 0 Å². The first-order valence-corrected chi connectivity index (χ1v) is 9.75. The lowest BCUT2D eigenvalue weighted by atomic mass is 9.87. The fourth-order valence-electron chi connectivity index (χ4n) is 3.57. The first-order valence-electron chi connectivity index (χ1n) is 9.75. The van der Waals surface area contributed by atoms with E-state index in [0.29, 0.717) is 24.9 Å². The van der Waals surface area contributed by atoms with Gasteiger partial charge in [0.15, 0.2) is 0 Å². The van der Waals surface area contributed by atoms with Gasteiger partial charge in [-0.25, -0.2) is 0 Å². The fourth-order valence-corrected chi connectivity index (χ4v) is 3.57. The van der Waals surface area contributed by atoms with Crippen LogP contribution >= 0.6 is 0 Å². The van der Waals surface area contributed by atoms with Crippen LogP contribution in [-0.4, -0.2) is 5.91 Å². The third-order valence-corrected chi connectivity index (χ3v) is 5.00. The molecular formula is C25H23NO3. The number of nitrogens with one attached hydrogen (secondary N) is 1. The van der Waals surface area contributed by atoms with Gasteiger partial charge in [-0.3, -0.25) is 4.79 Å². The molecule has 4 aromatic rings. The van der Waals surface area contributed by atoms with Gasteiger partial charge in [-0.2, -0.15) is 0 Å². The van der Waals surface area contributed by atoms with E-state index in [4.69, 9.17) is 8.83 Å². The second kappa shape index (κ2) is 9.11. The van der Waals surface area contributed by atoms with E-state index >= 15 is 0 Å². The van der Waals surface area contributed by atoms with Crippen LogP contribution in [0.5, 0.6) is 0 Å². The molecule has 2 aromatic heterocycles. The Kier molecular flexibility index (Phi) is 5.91. The molecule has 29 heavy (non-hydrogen) atoms. The summed E-state index contributed by atoms with van der Waals surface area (Å²) in [4.78, 5) is 13.0. The van der Waals surface area contributed by atoms with E-state index in [1.165, 1.54) is 0 Å². The SMILES string of the molecule is O=C(NCc1ccccc1)c1ccccc1C(Cc1ccco1)Cc1ccco1. The number of hydrogen-bond acceptors (Lipinski definition) is 3. The van der Waals surface area contributed by atoms with Gasteiger partial charge in [0, 0.05) is 24.9 Å². The fraction of sp³-hybridized carbons (Fsp3) is 0.160. The number of furan rings is 2. The molecule has 0 atom stereocenters. The van der Waals surface area contributed by atoms with Crippen LogP contribution in [-0.2, 0) is 19.4 Å². The van der Waals surface area contributed by atoms with Gasteiger partial charge < -0.3 is 14.2 Å². The molecule has 0 bridgehead atoms. The van der Waals surface area contributed by atoms with Crippen LogP contribution in [0.1, 0.15) is 38.9 Å². The quantitative estimate of drug-likeness (QED) is 0.443. The van der Waals surface area contributed by atoms with Gasteiger partial charge >= 0.3 is 0 Å². The van der Waals surface area contributed by atoms with Crippen LogP contribution < -0.4 is 5.32 Å². The molecule has 0 aliphatic carbocycles. The first kappa shape index (κ1) is 18.8. The Morgan fingerprint density at radius 3 is 2.00 bits per heavy atom. The zero-order chi connectivity index (χ0) is 19.9. The first-order chi connectivity index (χ1) is 14.3. The smallest absolute Gasteiger partial charge is 0.251 e. The number of rotatable bonds is 8. The van der Waals surface area contributed by atoms with Gasteiger partial charge in [-0.05, 0) is 47.4 Å². The Labute approximate surface area is 170 Å². The molecule has 0 fully saturated rings. The molecular weight excluding hydrogens is 362 g/mol. The summed E-state index contributed by atoms with van der Waals surface area (Å²) < 4.78 is 11.2. The van der Waals surface area contributed by atoms with E-state index in [0.717, 1.165) is 22.6 Å². The Morgan fingerprint density at radius 2 is 1.38 bits per heavy atom. The normalized spacial score (nSPS) is 10.9. The minimum Gasteiger partial charge on any atom is -0.469 e. The Hall–Kier alpha value is -3.53. The van der Waals surface area contributed by atoms with Crippen LogP contribution in [0.25, 0.3) is 0 Å². The molecule has 0 radical (unpaired) electrons. The second-order valence-electron chi connectivity index (χ2n) is 7.02. The molecule has 1 N–H and O–H groups in total. The molecule has 146 valence electrons. The molecule has 0 spiro atoms. The van der Waals surface area contributed by atoms with Crippen LogP contribution in [0.3, 0.4) is 0 Å². The maximum atomic E-state index is 13.0. The van der Waals surface area contributed by atoms with Crippen molar-refractivity contribution >= 4 is 5.91 Å². The van der Waals surface area contributed by atoms with E-state index in [2.05, 4.69) is 5.32 Å². The van der Waals surface area contributed by atoms with Crippen LogP contribution in [0.15, 0.2) is 100 Å².